The summed E-state index contributed by atoms with van der Waals surface area (Å²) in [6, 6.07) is 3.80. The Morgan fingerprint density at radius 3 is 2.33 bits per heavy atom. The fourth-order valence-electron chi connectivity index (χ4n) is 5.31. The fourth-order valence-corrected chi connectivity index (χ4v) is 5.31. The van der Waals surface area contributed by atoms with Crippen molar-refractivity contribution in [2.24, 2.45) is 5.92 Å². The van der Waals surface area contributed by atoms with Gasteiger partial charge in [0.2, 0.25) is 23.6 Å². The van der Waals surface area contributed by atoms with Gasteiger partial charge in [0.15, 0.2) is 6.61 Å². The first-order valence-electron chi connectivity index (χ1n) is 14.0. The predicted octanol–water partition coefficient (Wildman–Crippen LogP) is -0.662. The van der Waals surface area contributed by atoms with Crippen LogP contribution in [0, 0.1) is 5.92 Å². The molecule has 0 aliphatic carbocycles. The van der Waals surface area contributed by atoms with E-state index >= 15 is 0 Å². The highest BCUT2D eigenvalue weighted by Crippen LogP contribution is 2.19. The second-order valence-electron chi connectivity index (χ2n) is 10.9. The van der Waals surface area contributed by atoms with E-state index < -0.39 is 47.9 Å². The maximum Gasteiger partial charge on any atom is 0.260 e. The number of ether oxygens (including phenoxy) is 1. The van der Waals surface area contributed by atoms with Gasteiger partial charge >= 0.3 is 0 Å². The zero-order valence-electron chi connectivity index (χ0n) is 23.1. The van der Waals surface area contributed by atoms with E-state index in [4.69, 9.17) is 4.74 Å². The highest BCUT2D eigenvalue weighted by Gasteiger charge is 2.35. The summed E-state index contributed by atoms with van der Waals surface area (Å²) in [5.74, 6) is -2.28. The van der Waals surface area contributed by atoms with Crippen LogP contribution in [0.3, 0.4) is 0 Å². The minimum Gasteiger partial charge on any atom is -0.484 e. The molecule has 12 heteroatoms. The van der Waals surface area contributed by atoms with Crippen LogP contribution in [0.1, 0.15) is 45.1 Å². The van der Waals surface area contributed by atoms with Crippen molar-refractivity contribution in [3.05, 3.63) is 29.8 Å². The molecule has 0 saturated carbocycles. The maximum absolute atomic E-state index is 13.3. The van der Waals surface area contributed by atoms with E-state index in [1.807, 2.05) is 0 Å². The van der Waals surface area contributed by atoms with Gasteiger partial charge in [-0.25, -0.2) is 0 Å². The molecular weight excluding hydrogens is 518 g/mol. The lowest BCUT2D eigenvalue weighted by Gasteiger charge is -2.33. The summed E-state index contributed by atoms with van der Waals surface area (Å²) in [5, 5.41) is 18.2. The quantitative estimate of drug-likeness (QED) is 0.352. The van der Waals surface area contributed by atoms with Crippen molar-refractivity contribution in [3.8, 4) is 5.75 Å². The van der Waals surface area contributed by atoms with Crippen LogP contribution in [0.5, 0.6) is 5.75 Å². The Morgan fingerprint density at radius 1 is 0.950 bits per heavy atom. The third-order valence-corrected chi connectivity index (χ3v) is 7.72. The maximum atomic E-state index is 13.3. The number of aliphatic hydroxyl groups excluding tert-OH is 1. The standard InChI is InChI=1S/C28H39N5O7/c1-17-25(36)30-22(28(39)32-11-3-4-12-32)14-19-7-9-21(10-8-19)40-16-23(35)33-13-5-6-20(15-33)26(37)31-24(18(2)34)27(38)29-17/h7-10,17-18,20,22,24,34H,3-6,11-16H2,1-2H3,(H,29,38)(H,30,36)(H,31,37)/t17-,18+,20-,22-,24-/m0/s1. The topological polar surface area (TPSA) is 157 Å². The van der Waals surface area contributed by atoms with Crippen LogP contribution in [-0.2, 0) is 30.4 Å². The van der Waals surface area contributed by atoms with Gasteiger partial charge in [-0.05, 0) is 57.2 Å². The molecule has 0 unspecified atom stereocenters. The van der Waals surface area contributed by atoms with Gasteiger partial charge in [0.1, 0.15) is 23.9 Å². The van der Waals surface area contributed by atoms with Gasteiger partial charge < -0.3 is 35.6 Å². The van der Waals surface area contributed by atoms with E-state index in [-0.39, 0.29) is 31.4 Å². The Kier molecular flexibility index (Phi) is 9.62. The number of aliphatic hydroxyl groups is 1. The van der Waals surface area contributed by atoms with E-state index in [1.54, 1.807) is 34.1 Å². The summed E-state index contributed by atoms with van der Waals surface area (Å²) in [4.78, 5) is 68.6. The average Bonchev–Trinajstić information content (AvgIpc) is 3.49. The third kappa shape index (κ3) is 7.29. The third-order valence-electron chi connectivity index (χ3n) is 7.72. The number of hydrogen-bond acceptors (Lipinski definition) is 7. The number of carbonyl (C=O) groups excluding carboxylic acids is 5. The monoisotopic (exact) mass is 557 g/mol. The highest BCUT2D eigenvalue weighted by molar-refractivity contribution is 5.94. The minimum atomic E-state index is -1.30. The molecule has 40 heavy (non-hydrogen) atoms. The molecule has 4 N–H and O–H groups in total. The van der Waals surface area contributed by atoms with Crippen molar-refractivity contribution >= 4 is 29.5 Å². The Morgan fingerprint density at radius 2 is 1.65 bits per heavy atom. The summed E-state index contributed by atoms with van der Waals surface area (Å²) >= 11 is 0. The van der Waals surface area contributed by atoms with E-state index in [1.165, 1.54) is 13.8 Å². The smallest absolute Gasteiger partial charge is 0.260 e. The molecule has 218 valence electrons. The first-order chi connectivity index (χ1) is 19.1. The molecule has 5 rings (SSSR count). The molecule has 4 aliphatic rings. The molecule has 0 spiro atoms. The molecule has 1 aromatic rings. The molecular formula is C28H39N5O7. The van der Waals surface area contributed by atoms with Gasteiger partial charge in [-0.2, -0.15) is 0 Å². The van der Waals surface area contributed by atoms with Crippen LogP contribution in [0.25, 0.3) is 0 Å². The molecule has 4 bridgehead atoms. The largest absolute Gasteiger partial charge is 0.484 e. The van der Waals surface area contributed by atoms with Crippen molar-refractivity contribution < 1.29 is 33.8 Å². The van der Waals surface area contributed by atoms with E-state index in [9.17, 15) is 29.1 Å². The lowest BCUT2D eigenvalue weighted by Crippen LogP contribution is -2.59. The number of hydrogen-bond donors (Lipinski definition) is 4. The van der Waals surface area contributed by atoms with Crippen molar-refractivity contribution in [1.82, 2.24) is 25.8 Å². The summed E-state index contributed by atoms with van der Waals surface area (Å²) in [5.41, 5.74) is 0.790. The molecule has 4 aliphatic heterocycles. The minimum absolute atomic E-state index is 0.173. The lowest BCUT2D eigenvalue weighted by molar-refractivity contribution is -0.140. The molecule has 0 aromatic heterocycles. The normalized spacial score (nSPS) is 27.8. The first-order valence-corrected chi connectivity index (χ1v) is 14.0. The Labute approximate surface area is 233 Å². The molecule has 1 aromatic carbocycles. The Bertz CT molecular complexity index is 1100. The van der Waals surface area contributed by atoms with Crippen molar-refractivity contribution in [2.75, 3.05) is 32.8 Å². The van der Waals surface area contributed by atoms with E-state index in [2.05, 4.69) is 16.0 Å². The van der Waals surface area contributed by atoms with Gasteiger partial charge in [0.05, 0.1) is 12.0 Å². The number of nitrogens with zero attached hydrogens (tertiary/aromatic N) is 2. The summed E-state index contributed by atoms with van der Waals surface area (Å²) < 4.78 is 5.70. The molecule has 4 heterocycles. The molecule has 2 fully saturated rings. The number of carbonyl (C=O) groups is 5. The SMILES string of the molecule is C[C@@H]1NC(=O)[C@H]([C@@H](C)O)NC(=O)[C@H]2CCCN(C2)C(=O)COc2ccc(cc2)C[C@@H](C(=O)N2CCCC2)NC1=O. The highest BCUT2D eigenvalue weighted by atomic mass is 16.5. The van der Waals surface area contributed by atoms with Crippen LogP contribution in [0.15, 0.2) is 24.3 Å². The van der Waals surface area contributed by atoms with E-state index in [0.29, 0.717) is 38.2 Å². The zero-order valence-corrected chi connectivity index (χ0v) is 23.1. The van der Waals surface area contributed by atoms with Crippen molar-refractivity contribution in [2.45, 2.75) is 70.2 Å². The lowest BCUT2D eigenvalue weighted by atomic mass is 9.96. The predicted molar refractivity (Wildman–Crippen MR) is 144 cm³/mol. The fraction of sp³-hybridized carbons (Fsp3) is 0.607. The molecule has 0 radical (unpaired) electrons. The van der Waals surface area contributed by atoms with E-state index in [0.717, 1.165) is 18.4 Å². The van der Waals surface area contributed by atoms with Crippen LogP contribution in [0.2, 0.25) is 0 Å². The van der Waals surface area contributed by atoms with Gasteiger partial charge in [-0.3, -0.25) is 24.0 Å². The number of rotatable bonds is 2. The van der Waals surface area contributed by atoms with Gasteiger partial charge in [0.25, 0.3) is 5.91 Å². The van der Waals surface area contributed by atoms with Gasteiger partial charge in [-0.1, -0.05) is 12.1 Å². The Hall–Kier alpha value is -3.67. The summed E-state index contributed by atoms with van der Waals surface area (Å²) in [7, 11) is 0. The van der Waals surface area contributed by atoms with Gasteiger partial charge in [-0.15, -0.1) is 0 Å². The van der Waals surface area contributed by atoms with Crippen molar-refractivity contribution in [1.29, 1.82) is 0 Å². The summed E-state index contributed by atoms with van der Waals surface area (Å²) in [6.07, 6.45) is 1.92. The van der Waals surface area contributed by atoms with Crippen LogP contribution >= 0.6 is 0 Å². The summed E-state index contributed by atoms with van der Waals surface area (Å²) in [6.45, 7) is 4.55. The molecule has 5 amide bonds. The number of nitrogens with one attached hydrogen (secondary N) is 3. The average molecular weight is 558 g/mol. The zero-order chi connectivity index (χ0) is 28.8. The number of amides is 5. The second kappa shape index (κ2) is 13.1. The first kappa shape index (κ1) is 29.3. The number of likely N-dealkylation sites (tertiary alicyclic amines) is 1. The number of piperidine rings is 1. The molecule has 5 atom stereocenters. The van der Waals surface area contributed by atoms with Crippen LogP contribution in [-0.4, -0.2) is 101 Å². The number of fused-ring (bicyclic) bond motifs is 13. The molecule has 12 nitrogen and oxygen atoms in total. The van der Waals surface area contributed by atoms with Gasteiger partial charge in [0, 0.05) is 32.6 Å². The van der Waals surface area contributed by atoms with Crippen LogP contribution < -0.4 is 20.7 Å². The number of benzene rings is 1. The second-order valence-corrected chi connectivity index (χ2v) is 10.9. The Balaban J connectivity index is 1.59. The van der Waals surface area contributed by atoms with Crippen molar-refractivity contribution in [3.63, 3.8) is 0 Å². The van der Waals surface area contributed by atoms with Crippen LogP contribution in [0.4, 0.5) is 0 Å². The molecule has 2 saturated heterocycles.